The quantitative estimate of drug-likeness (QED) is 0.793. The molecule has 0 saturated heterocycles. The van der Waals surface area contributed by atoms with Gasteiger partial charge in [-0.05, 0) is 31.0 Å². The number of nitrogens with two attached hydrogens (primary N) is 1. The molecule has 1 unspecified atom stereocenters. The number of ether oxygens (including phenoxy) is 2. The molecule has 0 aliphatic heterocycles. The van der Waals surface area contributed by atoms with Crippen molar-refractivity contribution in [3.63, 3.8) is 0 Å². The maximum Gasteiger partial charge on any atom is 0.124 e. The Morgan fingerprint density at radius 1 is 1.35 bits per heavy atom. The second-order valence-corrected chi connectivity index (χ2v) is 4.26. The van der Waals surface area contributed by atoms with E-state index in [0.717, 1.165) is 29.7 Å². The van der Waals surface area contributed by atoms with Crippen molar-refractivity contribution in [2.24, 2.45) is 5.73 Å². The molecule has 3 nitrogen and oxygen atoms in total. The van der Waals surface area contributed by atoms with E-state index in [2.05, 4.69) is 19.9 Å². The van der Waals surface area contributed by atoms with Crippen molar-refractivity contribution < 1.29 is 9.47 Å². The standard InChI is InChI=1S/C14H23NO2/c1-4-5-11(2)17-10-13-8-12(9-15)6-7-14(13)16-3/h6-8,11H,4-5,9-10,15H2,1-3H3. The Kier molecular flexibility index (Phi) is 6.01. The summed E-state index contributed by atoms with van der Waals surface area (Å²) in [5, 5.41) is 0. The van der Waals surface area contributed by atoms with Crippen molar-refractivity contribution in [3.8, 4) is 5.75 Å². The average molecular weight is 237 g/mol. The van der Waals surface area contributed by atoms with Gasteiger partial charge in [0.1, 0.15) is 5.75 Å². The minimum atomic E-state index is 0.284. The third-order valence-corrected chi connectivity index (χ3v) is 2.80. The predicted octanol–water partition coefficient (Wildman–Crippen LogP) is 2.86. The van der Waals surface area contributed by atoms with E-state index < -0.39 is 0 Å². The molecule has 96 valence electrons. The van der Waals surface area contributed by atoms with Gasteiger partial charge in [-0.3, -0.25) is 0 Å². The molecule has 2 N–H and O–H groups in total. The highest BCUT2D eigenvalue weighted by Gasteiger charge is 2.07. The Hall–Kier alpha value is -1.06. The van der Waals surface area contributed by atoms with Crippen LogP contribution in [0.25, 0.3) is 0 Å². The van der Waals surface area contributed by atoms with Crippen molar-refractivity contribution in [1.29, 1.82) is 0 Å². The van der Waals surface area contributed by atoms with Crippen molar-refractivity contribution in [2.75, 3.05) is 7.11 Å². The van der Waals surface area contributed by atoms with Gasteiger partial charge in [-0.2, -0.15) is 0 Å². The summed E-state index contributed by atoms with van der Waals surface area (Å²) >= 11 is 0. The number of methoxy groups -OCH3 is 1. The summed E-state index contributed by atoms with van der Waals surface area (Å²) in [5.41, 5.74) is 7.80. The Morgan fingerprint density at radius 2 is 2.12 bits per heavy atom. The highest BCUT2D eigenvalue weighted by atomic mass is 16.5. The maximum atomic E-state index is 5.79. The molecule has 0 aliphatic rings. The van der Waals surface area contributed by atoms with E-state index in [0.29, 0.717) is 13.2 Å². The molecule has 0 fully saturated rings. The van der Waals surface area contributed by atoms with Crippen LogP contribution >= 0.6 is 0 Å². The molecule has 17 heavy (non-hydrogen) atoms. The van der Waals surface area contributed by atoms with Crippen LogP contribution < -0.4 is 10.5 Å². The number of benzene rings is 1. The lowest BCUT2D eigenvalue weighted by atomic mass is 10.1. The van der Waals surface area contributed by atoms with Crippen LogP contribution in [0.5, 0.6) is 5.75 Å². The van der Waals surface area contributed by atoms with Crippen LogP contribution in [-0.2, 0) is 17.9 Å². The molecular weight excluding hydrogens is 214 g/mol. The zero-order valence-corrected chi connectivity index (χ0v) is 11.0. The summed E-state index contributed by atoms with van der Waals surface area (Å²) in [5.74, 6) is 0.867. The molecule has 0 aromatic heterocycles. The van der Waals surface area contributed by atoms with E-state index in [4.69, 9.17) is 15.2 Å². The topological polar surface area (TPSA) is 44.5 Å². The van der Waals surface area contributed by atoms with Crippen LogP contribution in [0.4, 0.5) is 0 Å². The van der Waals surface area contributed by atoms with Crippen LogP contribution in [-0.4, -0.2) is 13.2 Å². The highest BCUT2D eigenvalue weighted by Crippen LogP contribution is 2.21. The Bertz CT molecular complexity index is 339. The summed E-state index contributed by atoms with van der Waals surface area (Å²) < 4.78 is 11.1. The molecule has 3 heteroatoms. The fourth-order valence-electron chi connectivity index (χ4n) is 1.79. The van der Waals surface area contributed by atoms with Gasteiger partial charge in [0.25, 0.3) is 0 Å². The van der Waals surface area contributed by atoms with E-state index in [1.807, 2.05) is 12.1 Å². The van der Waals surface area contributed by atoms with Gasteiger partial charge in [0.15, 0.2) is 0 Å². The smallest absolute Gasteiger partial charge is 0.124 e. The lowest BCUT2D eigenvalue weighted by Crippen LogP contribution is -2.08. The summed E-state index contributed by atoms with van der Waals surface area (Å²) in [6.45, 7) is 5.39. The van der Waals surface area contributed by atoms with E-state index in [-0.39, 0.29) is 6.10 Å². The molecule has 0 saturated carbocycles. The molecule has 1 aromatic rings. The molecular formula is C14H23NO2. The van der Waals surface area contributed by atoms with Crippen LogP contribution in [0.15, 0.2) is 18.2 Å². The average Bonchev–Trinajstić information content (AvgIpc) is 2.36. The molecule has 0 radical (unpaired) electrons. The fourth-order valence-corrected chi connectivity index (χ4v) is 1.79. The van der Waals surface area contributed by atoms with Crippen molar-refractivity contribution in [1.82, 2.24) is 0 Å². The summed E-state index contributed by atoms with van der Waals surface area (Å²) in [7, 11) is 1.68. The molecule has 1 atom stereocenters. The highest BCUT2D eigenvalue weighted by molar-refractivity contribution is 5.36. The van der Waals surface area contributed by atoms with Crippen molar-refractivity contribution in [2.45, 2.75) is 45.9 Å². The second-order valence-electron chi connectivity index (χ2n) is 4.26. The summed E-state index contributed by atoms with van der Waals surface area (Å²) in [6, 6.07) is 5.99. The minimum Gasteiger partial charge on any atom is -0.496 e. The normalized spacial score (nSPS) is 12.5. The summed E-state index contributed by atoms with van der Waals surface area (Å²) in [6.07, 6.45) is 2.51. The Balaban J connectivity index is 2.67. The van der Waals surface area contributed by atoms with Gasteiger partial charge in [0, 0.05) is 12.1 Å². The lowest BCUT2D eigenvalue weighted by molar-refractivity contribution is 0.0460. The molecule has 1 rings (SSSR count). The zero-order valence-electron chi connectivity index (χ0n) is 11.0. The predicted molar refractivity (Wildman–Crippen MR) is 70.0 cm³/mol. The van der Waals surface area contributed by atoms with Gasteiger partial charge in [-0.1, -0.05) is 19.4 Å². The van der Waals surface area contributed by atoms with E-state index in [1.165, 1.54) is 0 Å². The number of rotatable bonds is 7. The van der Waals surface area contributed by atoms with Crippen molar-refractivity contribution in [3.05, 3.63) is 29.3 Å². The molecule has 0 heterocycles. The number of hydrogen-bond donors (Lipinski definition) is 1. The first kappa shape index (κ1) is 14.0. The van der Waals surface area contributed by atoms with Gasteiger partial charge in [0.2, 0.25) is 0 Å². The van der Waals surface area contributed by atoms with Gasteiger partial charge in [0.05, 0.1) is 19.8 Å². The van der Waals surface area contributed by atoms with Gasteiger partial charge in [-0.25, -0.2) is 0 Å². The van der Waals surface area contributed by atoms with Crippen LogP contribution in [0.3, 0.4) is 0 Å². The van der Waals surface area contributed by atoms with E-state index in [9.17, 15) is 0 Å². The maximum absolute atomic E-state index is 5.79. The first-order chi connectivity index (χ1) is 8.21. The Labute approximate surface area is 104 Å². The van der Waals surface area contributed by atoms with Gasteiger partial charge >= 0.3 is 0 Å². The van der Waals surface area contributed by atoms with E-state index >= 15 is 0 Å². The molecule has 1 aromatic carbocycles. The molecule has 0 bridgehead atoms. The van der Waals surface area contributed by atoms with Crippen LogP contribution in [0.1, 0.15) is 37.8 Å². The van der Waals surface area contributed by atoms with Gasteiger partial charge in [-0.15, -0.1) is 0 Å². The fraction of sp³-hybridized carbons (Fsp3) is 0.571. The molecule has 0 aliphatic carbocycles. The Morgan fingerprint density at radius 3 is 2.71 bits per heavy atom. The zero-order chi connectivity index (χ0) is 12.7. The SMILES string of the molecule is CCCC(C)OCc1cc(CN)ccc1OC. The van der Waals surface area contributed by atoms with Crippen LogP contribution in [0, 0.1) is 0 Å². The third-order valence-electron chi connectivity index (χ3n) is 2.80. The minimum absolute atomic E-state index is 0.284. The molecule has 0 amide bonds. The third kappa shape index (κ3) is 4.36. The van der Waals surface area contributed by atoms with Gasteiger partial charge < -0.3 is 15.2 Å². The first-order valence-corrected chi connectivity index (χ1v) is 6.18. The second kappa shape index (κ2) is 7.30. The van der Waals surface area contributed by atoms with Crippen LogP contribution in [0.2, 0.25) is 0 Å². The first-order valence-electron chi connectivity index (χ1n) is 6.18. The molecule has 0 spiro atoms. The summed E-state index contributed by atoms with van der Waals surface area (Å²) in [4.78, 5) is 0. The lowest BCUT2D eigenvalue weighted by Gasteiger charge is -2.14. The van der Waals surface area contributed by atoms with E-state index in [1.54, 1.807) is 7.11 Å². The van der Waals surface area contributed by atoms with Crippen molar-refractivity contribution >= 4 is 0 Å². The monoisotopic (exact) mass is 237 g/mol. The largest absolute Gasteiger partial charge is 0.496 e. The number of hydrogen-bond acceptors (Lipinski definition) is 3.